The fourth-order valence-electron chi connectivity index (χ4n) is 4.38. The minimum Gasteiger partial charge on any atom is -0.493 e. The molecule has 0 bridgehead atoms. The Morgan fingerprint density at radius 1 is 0.907 bits per heavy atom. The van der Waals surface area contributed by atoms with Gasteiger partial charge in [-0.3, -0.25) is 9.59 Å². The van der Waals surface area contributed by atoms with Gasteiger partial charge in [0.15, 0.2) is 11.5 Å². The van der Waals surface area contributed by atoms with Crippen LogP contribution in [-0.4, -0.2) is 36.2 Å². The molecule has 4 aromatic carbocycles. The molecular formula is C32H23ClFN3O6. The normalized spacial score (nSPS) is 11.0. The molecule has 1 amide bonds. The zero-order valence-electron chi connectivity index (χ0n) is 22.8. The quantitative estimate of drug-likeness (QED) is 0.0904. The van der Waals surface area contributed by atoms with E-state index in [4.69, 9.17) is 25.8 Å². The Labute approximate surface area is 249 Å². The third-order valence-corrected chi connectivity index (χ3v) is 6.63. The molecule has 0 radical (unpaired) electrons. The average molecular weight is 600 g/mol. The highest BCUT2D eigenvalue weighted by molar-refractivity contribution is 6.34. The summed E-state index contributed by atoms with van der Waals surface area (Å²) in [6, 6.07) is 22.3. The van der Waals surface area contributed by atoms with Gasteiger partial charge in [-0.2, -0.15) is 5.10 Å². The number of H-pyrrole nitrogens is 1. The van der Waals surface area contributed by atoms with Crippen LogP contribution in [0.15, 0.2) is 90.0 Å². The number of hydrogen-bond donors (Lipinski definition) is 2. The van der Waals surface area contributed by atoms with E-state index in [9.17, 15) is 18.8 Å². The Bertz CT molecular complexity index is 1900. The summed E-state index contributed by atoms with van der Waals surface area (Å²) >= 11 is 6.43. The van der Waals surface area contributed by atoms with Crippen LogP contribution >= 0.6 is 11.6 Å². The fourth-order valence-corrected chi connectivity index (χ4v) is 4.61. The molecule has 0 saturated heterocycles. The molecule has 0 atom stereocenters. The Hall–Kier alpha value is -5.48. The third kappa shape index (κ3) is 6.24. The number of para-hydroxylation sites is 2. The number of fused-ring (bicyclic) bond motifs is 1. The molecule has 43 heavy (non-hydrogen) atoms. The van der Waals surface area contributed by atoms with Crippen LogP contribution in [0.4, 0.5) is 4.39 Å². The SMILES string of the molecule is COc1cc(C(=O)Oc2ccccc2C=NNC(=O)c2[nH]c3c(F)cccc3c2-c2ccccc2Cl)ccc1OC(C)=O. The number of rotatable bonds is 8. The van der Waals surface area contributed by atoms with E-state index < -0.39 is 23.7 Å². The van der Waals surface area contributed by atoms with Gasteiger partial charge < -0.3 is 19.2 Å². The van der Waals surface area contributed by atoms with Crippen molar-refractivity contribution in [3.8, 4) is 28.4 Å². The predicted octanol–water partition coefficient (Wildman–Crippen LogP) is 6.54. The Kier molecular flexibility index (Phi) is 8.49. The number of nitrogens with one attached hydrogen (secondary N) is 2. The summed E-state index contributed by atoms with van der Waals surface area (Å²) in [5, 5.41) is 4.92. The van der Waals surface area contributed by atoms with Gasteiger partial charge in [-0.25, -0.2) is 14.6 Å². The number of hydrogen-bond acceptors (Lipinski definition) is 7. The molecule has 11 heteroatoms. The van der Waals surface area contributed by atoms with Gasteiger partial charge in [-0.1, -0.05) is 54.1 Å². The lowest BCUT2D eigenvalue weighted by molar-refractivity contribution is -0.132. The second-order valence-electron chi connectivity index (χ2n) is 9.10. The van der Waals surface area contributed by atoms with Crippen LogP contribution in [-0.2, 0) is 4.79 Å². The number of aromatic amines is 1. The molecule has 0 spiro atoms. The number of halogens is 2. The van der Waals surface area contributed by atoms with Crippen molar-refractivity contribution in [2.24, 2.45) is 5.10 Å². The largest absolute Gasteiger partial charge is 0.493 e. The summed E-state index contributed by atoms with van der Waals surface area (Å²) in [4.78, 5) is 40.3. The molecule has 0 aliphatic rings. The second-order valence-corrected chi connectivity index (χ2v) is 9.51. The summed E-state index contributed by atoms with van der Waals surface area (Å²) in [6.07, 6.45) is 1.31. The van der Waals surface area contributed by atoms with E-state index in [2.05, 4.69) is 15.5 Å². The zero-order valence-corrected chi connectivity index (χ0v) is 23.6. The van der Waals surface area contributed by atoms with E-state index in [1.165, 1.54) is 44.5 Å². The Morgan fingerprint density at radius 3 is 2.44 bits per heavy atom. The molecule has 0 saturated carbocycles. The number of carbonyl (C=O) groups excluding carboxylic acids is 3. The van der Waals surface area contributed by atoms with Crippen LogP contribution in [0.1, 0.15) is 33.3 Å². The van der Waals surface area contributed by atoms with Crippen molar-refractivity contribution < 1.29 is 33.0 Å². The topological polar surface area (TPSA) is 119 Å². The van der Waals surface area contributed by atoms with Gasteiger partial charge in [0, 0.05) is 34.0 Å². The van der Waals surface area contributed by atoms with Crippen LogP contribution < -0.4 is 19.6 Å². The Morgan fingerprint density at radius 2 is 1.67 bits per heavy atom. The molecule has 0 fully saturated rings. The number of methoxy groups -OCH3 is 1. The predicted molar refractivity (Wildman–Crippen MR) is 159 cm³/mol. The summed E-state index contributed by atoms with van der Waals surface area (Å²) in [5.41, 5.74) is 4.16. The highest BCUT2D eigenvalue weighted by Gasteiger charge is 2.22. The first kappa shape index (κ1) is 29.0. The van der Waals surface area contributed by atoms with Crippen molar-refractivity contribution in [3.63, 3.8) is 0 Å². The van der Waals surface area contributed by atoms with Crippen LogP contribution in [0.5, 0.6) is 17.2 Å². The summed E-state index contributed by atoms with van der Waals surface area (Å²) in [7, 11) is 1.38. The molecule has 0 unspecified atom stereocenters. The number of ether oxygens (including phenoxy) is 3. The van der Waals surface area contributed by atoms with Crippen molar-refractivity contribution in [1.29, 1.82) is 0 Å². The lowest BCUT2D eigenvalue weighted by atomic mass is 10.0. The molecule has 2 N–H and O–H groups in total. The van der Waals surface area contributed by atoms with Crippen molar-refractivity contribution in [1.82, 2.24) is 10.4 Å². The molecule has 1 heterocycles. The Balaban J connectivity index is 1.38. The van der Waals surface area contributed by atoms with Crippen molar-refractivity contribution in [2.75, 3.05) is 7.11 Å². The molecule has 5 aromatic rings. The first-order valence-electron chi connectivity index (χ1n) is 12.8. The molecule has 5 rings (SSSR count). The monoisotopic (exact) mass is 599 g/mol. The van der Waals surface area contributed by atoms with E-state index in [0.29, 0.717) is 27.1 Å². The number of esters is 2. The van der Waals surface area contributed by atoms with Gasteiger partial charge in [0.05, 0.1) is 24.4 Å². The third-order valence-electron chi connectivity index (χ3n) is 6.30. The molecule has 1 aromatic heterocycles. The standard InChI is InChI=1S/C32H23ClFN3O6/c1-18(38)42-26-15-14-19(16-27(26)41-2)32(40)43-25-13-6-3-8-20(25)17-35-37-31(39)30-28(21-9-4-5-11-23(21)33)22-10-7-12-24(34)29(22)36-30/h3-17,36H,1-2H3,(H,37,39). The van der Waals surface area contributed by atoms with Gasteiger partial charge in [-0.15, -0.1) is 0 Å². The highest BCUT2D eigenvalue weighted by Crippen LogP contribution is 2.37. The molecular weight excluding hydrogens is 577 g/mol. The maximum atomic E-state index is 14.6. The van der Waals surface area contributed by atoms with Gasteiger partial charge in [0.2, 0.25) is 0 Å². The summed E-state index contributed by atoms with van der Waals surface area (Å²) in [6.45, 7) is 1.25. The number of nitrogens with zero attached hydrogens (tertiary/aromatic N) is 1. The van der Waals surface area contributed by atoms with E-state index >= 15 is 0 Å². The molecule has 0 aliphatic carbocycles. The molecule has 9 nitrogen and oxygen atoms in total. The van der Waals surface area contributed by atoms with E-state index in [-0.39, 0.29) is 34.0 Å². The first-order valence-corrected chi connectivity index (χ1v) is 13.2. The molecule has 216 valence electrons. The summed E-state index contributed by atoms with van der Waals surface area (Å²) < 4.78 is 30.5. The fraction of sp³-hybridized carbons (Fsp3) is 0.0625. The minimum atomic E-state index is -0.706. The number of amides is 1. The lowest BCUT2D eigenvalue weighted by Gasteiger charge is -2.11. The number of aromatic nitrogens is 1. The number of benzene rings is 4. The smallest absolute Gasteiger partial charge is 0.343 e. The second kappa shape index (κ2) is 12.6. The number of carbonyl (C=O) groups is 3. The van der Waals surface area contributed by atoms with Crippen molar-refractivity contribution >= 4 is 46.6 Å². The van der Waals surface area contributed by atoms with Crippen LogP contribution in [0.25, 0.3) is 22.0 Å². The summed E-state index contributed by atoms with van der Waals surface area (Å²) in [5.74, 6) is -1.91. The van der Waals surface area contributed by atoms with Crippen LogP contribution in [0.2, 0.25) is 5.02 Å². The van der Waals surface area contributed by atoms with E-state index in [1.54, 1.807) is 60.7 Å². The van der Waals surface area contributed by atoms with Crippen molar-refractivity contribution in [3.05, 3.63) is 113 Å². The van der Waals surface area contributed by atoms with Crippen LogP contribution in [0.3, 0.4) is 0 Å². The average Bonchev–Trinajstić information content (AvgIpc) is 3.39. The highest BCUT2D eigenvalue weighted by atomic mass is 35.5. The van der Waals surface area contributed by atoms with Gasteiger partial charge in [0.25, 0.3) is 5.91 Å². The van der Waals surface area contributed by atoms with Crippen LogP contribution in [0, 0.1) is 5.82 Å². The molecule has 0 aliphatic heterocycles. The van der Waals surface area contributed by atoms with Crippen molar-refractivity contribution in [2.45, 2.75) is 6.92 Å². The van der Waals surface area contributed by atoms with Gasteiger partial charge in [-0.05, 0) is 42.5 Å². The maximum absolute atomic E-state index is 14.6. The minimum absolute atomic E-state index is 0.0659. The number of hydrazone groups is 1. The maximum Gasteiger partial charge on any atom is 0.343 e. The van der Waals surface area contributed by atoms with E-state index in [0.717, 1.165) is 0 Å². The lowest BCUT2D eigenvalue weighted by Crippen LogP contribution is -2.19. The zero-order chi connectivity index (χ0) is 30.5. The van der Waals surface area contributed by atoms with E-state index in [1.807, 2.05) is 0 Å². The first-order chi connectivity index (χ1) is 20.8. The van der Waals surface area contributed by atoms with Gasteiger partial charge >= 0.3 is 11.9 Å². The van der Waals surface area contributed by atoms with Gasteiger partial charge in [0.1, 0.15) is 17.3 Å².